The highest BCUT2D eigenvalue weighted by Gasteiger charge is 2.53. The normalized spacial score (nSPS) is 15.3. The minimum Gasteiger partial charge on any atom is -0.590 e. The van der Waals surface area contributed by atoms with Gasteiger partial charge in [0, 0.05) is 12.8 Å². The Balaban J connectivity index is 3.80. The number of quaternary nitrogens is 1. The molecule has 160 valence electrons. The molecule has 0 amide bonds. The SMILES string of the molecule is CC/C=C\CCCCCCCCCCCCC(CCC)([P+](=O)[O-])[N+](C)(C)C. The quantitative estimate of drug-likeness (QED) is 0.108. The molecule has 2 unspecified atom stereocenters. The number of allylic oxidation sites excluding steroid dienone is 2. The van der Waals surface area contributed by atoms with Gasteiger partial charge < -0.3 is 4.89 Å². The van der Waals surface area contributed by atoms with Crippen LogP contribution in [-0.4, -0.2) is 30.9 Å². The zero-order valence-electron chi connectivity index (χ0n) is 19.0. The van der Waals surface area contributed by atoms with Crippen LogP contribution in [0.15, 0.2) is 12.2 Å². The highest BCUT2D eigenvalue weighted by atomic mass is 31.1. The number of unbranched alkanes of at least 4 members (excludes halogenated alkanes) is 10. The summed E-state index contributed by atoms with van der Waals surface area (Å²) in [5.74, 6) is 0. The standard InChI is InChI=1S/C23H47NO2P/c1-6-8-9-10-11-12-13-14-15-16-17-18-19-20-22-23(21-7-2,27(25)26)24(3,4)5/h8-9H,6-7,10-22H2,1-5H3/q+1/b9-8-. The van der Waals surface area contributed by atoms with Gasteiger partial charge >= 0.3 is 8.03 Å². The van der Waals surface area contributed by atoms with Gasteiger partial charge in [-0.1, -0.05) is 81.9 Å². The van der Waals surface area contributed by atoms with E-state index < -0.39 is 13.3 Å². The lowest BCUT2D eigenvalue weighted by Gasteiger charge is -2.39. The van der Waals surface area contributed by atoms with Gasteiger partial charge in [0.25, 0.3) is 5.28 Å². The van der Waals surface area contributed by atoms with Crippen LogP contribution in [0.3, 0.4) is 0 Å². The minimum atomic E-state index is -2.42. The van der Waals surface area contributed by atoms with E-state index in [4.69, 9.17) is 0 Å². The van der Waals surface area contributed by atoms with Gasteiger partial charge in [-0.05, 0) is 32.1 Å². The van der Waals surface area contributed by atoms with E-state index in [-0.39, 0.29) is 0 Å². The first kappa shape index (κ1) is 26.8. The van der Waals surface area contributed by atoms with E-state index in [0.29, 0.717) is 4.48 Å². The lowest BCUT2D eigenvalue weighted by molar-refractivity contribution is -0.910. The molecule has 3 nitrogen and oxygen atoms in total. The van der Waals surface area contributed by atoms with Crippen LogP contribution in [0, 0.1) is 0 Å². The van der Waals surface area contributed by atoms with Gasteiger partial charge in [0.2, 0.25) is 0 Å². The average molecular weight is 401 g/mol. The van der Waals surface area contributed by atoms with Gasteiger partial charge in [0.05, 0.1) is 21.1 Å². The molecule has 0 aliphatic carbocycles. The predicted molar refractivity (Wildman–Crippen MR) is 118 cm³/mol. The third-order valence-corrected chi connectivity index (χ3v) is 7.57. The summed E-state index contributed by atoms with van der Waals surface area (Å²) in [6.45, 7) is 4.28. The Morgan fingerprint density at radius 1 is 0.778 bits per heavy atom. The first-order chi connectivity index (χ1) is 12.8. The first-order valence-electron chi connectivity index (χ1n) is 11.4. The molecule has 0 aliphatic rings. The highest BCUT2D eigenvalue weighted by Crippen LogP contribution is 2.45. The van der Waals surface area contributed by atoms with Crippen molar-refractivity contribution in [2.75, 3.05) is 21.1 Å². The topological polar surface area (TPSA) is 40.1 Å². The van der Waals surface area contributed by atoms with Crippen molar-refractivity contribution in [1.82, 2.24) is 0 Å². The van der Waals surface area contributed by atoms with Gasteiger partial charge in [-0.2, -0.15) is 0 Å². The van der Waals surface area contributed by atoms with Crippen molar-refractivity contribution in [1.29, 1.82) is 0 Å². The van der Waals surface area contributed by atoms with Crippen molar-refractivity contribution in [3.63, 3.8) is 0 Å². The van der Waals surface area contributed by atoms with Crippen LogP contribution in [0.4, 0.5) is 0 Å². The van der Waals surface area contributed by atoms with E-state index in [9.17, 15) is 9.46 Å². The van der Waals surface area contributed by atoms with E-state index in [1.54, 1.807) is 0 Å². The summed E-state index contributed by atoms with van der Waals surface area (Å²) in [6, 6.07) is 0. The Hall–Kier alpha value is -0.240. The van der Waals surface area contributed by atoms with Crippen LogP contribution in [0.25, 0.3) is 0 Å². The number of hydrogen-bond acceptors (Lipinski definition) is 2. The van der Waals surface area contributed by atoms with Gasteiger partial charge in [-0.15, -0.1) is 0 Å². The van der Waals surface area contributed by atoms with Crippen molar-refractivity contribution in [3.05, 3.63) is 12.2 Å². The molecule has 4 heteroatoms. The fraction of sp³-hybridized carbons (Fsp3) is 0.913. The van der Waals surface area contributed by atoms with Crippen LogP contribution < -0.4 is 4.89 Å². The summed E-state index contributed by atoms with van der Waals surface area (Å²) in [6.07, 6.45) is 22.4. The molecule has 0 aliphatic heterocycles. The molecular formula is C23H47NO2P+. The summed E-state index contributed by atoms with van der Waals surface area (Å²) in [5.41, 5.74) is 0. The summed E-state index contributed by atoms with van der Waals surface area (Å²) in [4.78, 5) is 12.0. The largest absolute Gasteiger partial charge is 0.590 e. The summed E-state index contributed by atoms with van der Waals surface area (Å²) in [5, 5.41) is -0.587. The van der Waals surface area contributed by atoms with E-state index in [1.165, 1.54) is 64.2 Å². The molecule has 0 radical (unpaired) electrons. The van der Waals surface area contributed by atoms with Crippen LogP contribution in [0.1, 0.15) is 110 Å². The molecule has 0 fully saturated rings. The van der Waals surface area contributed by atoms with E-state index in [0.717, 1.165) is 32.1 Å². The molecule has 0 spiro atoms. The van der Waals surface area contributed by atoms with Crippen molar-refractivity contribution in [3.8, 4) is 0 Å². The number of hydrogen-bond donors (Lipinski definition) is 0. The van der Waals surface area contributed by atoms with Crippen molar-refractivity contribution in [2.24, 2.45) is 0 Å². The van der Waals surface area contributed by atoms with Crippen LogP contribution in [0.5, 0.6) is 0 Å². The van der Waals surface area contributed by atoms with Gasteiger partial charge in [0.15, 0.2) is 0 Å². The van der Waals surface area contributed by atoms with Crippen LogP contribution in [-0.2, 0) is 4.57 Å². The maximum absolute atomic E-state index is 12.0. The molecule has 0 saturated carbocycles. The second-order valence-corrected chi connectivity index (χ2v) is 10.3. The Bertz CT molecular complexity index is 404. The Labute approximate surface area is 171 Å². The number of rotatable bonds is 18. The molecule has 0 bridgehead atoms. The van der Waals surface area contributed by atoms with Gasteiger partial charge in [0.1, 0.15) is 0 Å². The molecule has 0 rings (SSSR count). The molecule has 0 heterocycles. The van der Waals surface area contributed by atoms with E-state index >= 15 is 0 Å². The number of nitrogens with zero attached hydrogens (tertiary/aromatic N) is 1. The summed E-state index contributed by atoms with van der Waals surface area (Å²) < 4.78 is 12.6. The van der Waals surface area contributed by atoms with Crippen molar-refractivity contribution in [2.45, 2.75) is 115 Å². The Morgan fingerprint density at radius 2 is 1.26 bits per heavy atom. The molecule has 2 atom stereocenters. The van der Waals surface area contributed by atoms with Crippen LogP contribution in [0.2, 0.25) is 0 Å². The zero-order chi connectivity index (χ0) is 20.6. The fourth-order valence-electron chi connectivity index (χ4n) is 3.99. The predicted octanol–water partition coefficient (Wildman–Crippen LogP) is 6.94. The lowest BCUT2D eigenvalue weighted by atomic mass is 9.99. The first-order valence-corrected chi connectivity index (χ1v) is 12.6. The Kier molecular flexibility index (Phi) is 15.5. The summed E-state index contributed by atoms with van der Waals surface area (Å²) in [7, 11) is 3.67. The molecule has 0 saturated heterocycles. The maximum atomic E-state index is 12.0. The van der Waals surface area contributed by atoms with Crippen molar-refractivity contribution < 1.29 is 13.9 Å². The van der Waals surface area contributed by atoms with E-state index in [1.807, 2.05) is 21.1 Å². The van der Waals surface area contributed by atoms with E-state index in [2.05, 4.69) is 26.0 Å². The third-order valence-electron chi connectivity index (χ3n) is 5.84. The third kappa shape index (κ3) is 11.4. The highest BCUT2D eigenvalue weighted by molar-refractivity contribution is 7.38. The Morgan fingerprint density at radius 3 is 1.67 bits per heavy atom. The van der Waals surface area contributed by atoms with Gasteiger partial charge in [-0.3, -0.25) is 4.48 Å². The molecule has 0 aromatic rings. The van der Waals surface area contributed by atoms with Gasteiger partial charge in [-0.25, -0.2) is 0 Å². The monoisotopic (exact) mass is 400 g/mol. The molecule has 0 N–H and O–H groups in total. The second kappa shape index (κ2) is 15.7. The molecule has 0 aromatic carbocycles. The molecule has 0 aromatic heterocycles. The molecule has 27 heavy (non-hydrogen) atoms. The minimum absolute atomic E-state index is 0.522. The zero-order valence-corrected chi connectivity index (χ0v) is 19.9. The second-order valence-electron chi connectivity index (χ2n) is 8.96. The lowest BCUT2D eigenvalue weighted by Crippen LogP contribution is -2.55. The van der Waals surface area contributed by atoms with Crippen LogP contribution >= 0.6 is 8.03 Å². The fourth-order valence-corrected chi connectivity index (χ4v) is 5.23. The van der Waals surface area contributed by atoms with Crippen molar-refractivity contribution >= 4 is 8.03 Å². The molecular weight excluding hydrogens is 353 g/mol. The average Bonchev–Trinajstić information content (AvgIpc) is 2.59. The maximum Gasteiger partial charge on any atom is 0.376 e. The smallest absolute Gasteiger partial charge is 0.376 e. The summed E-state index contributed by atoms with van der Waals surface area (Å²) >= 11 is 0.